The standard InChI is InChI=1S/C21H19NO7S/c1-4-27-20(23)19(21(24)28-5-2)14-15-6-10-17(11-7-15)29-30(25,26)18-12-8-16(22-3)9-13-18/h6-14H,4-5H2,1-2H3. The molecule has 0 fully saturated rings. The number of carbonyl (C=O) groups excluding carboxylic acids is 2. The zero-order chi connectivity index (χ0) is 22.1. The number of benzene rings is 2. The molecule has 30 heavy (non-hydrogen) atoms. The van der Waals surface area contributed by atoms with Gasteiger partial charge >= 0.3 is 22.1 Å². The molecular formula is C21H19NO7S. The van der Waals surface area contributed by atoms with Crippen LogP contribution in [0, 0.1) is 6.57 Å². The van der Waals surface area contributed by atoms with E-state index >= 15 is 0 Å². The van der Waals surface area contributed by atoms with Gasteiger partial charge in [-0.15, -0.1) is 0 Å². The van der Waals surface area contributed by atoms with Crippen molar-refractivity contribution in [2.24, 2.45) is 0 Å². The molecule has 0 aliphatic heterocycles. The van der Waals surface area contributed by atoms with E-state index in [1.54, 1.807) is 13.8 Å². The molecule has 2 rings (SSSR count). The maximum atomic E-state index is 12.4. The van der Waals surface area contributed by atoms with Gasteiger partial charge in [0.1, 0.15) is 16.2 Å². The van der Waals surface area contributed by atoms with Crippen LogP contribution in [0.4, 0.5) is 5.69 Å². The predicted octanol–water partition coefficient (Wildman–Crippen LogP) is 3.51. The molecule has 0 heterocycles. The first kappa shape index (κ1) is 22.6. The van der Waals surface area contributed by atoms with Gasteiger partial charge < -0.3 is 13.7 Å². The molecule has 0 saturated carbocycles. The van der Waals surface area contributed by atoms with Gasteiger partial charge in [-0.1, -0.05) is 36.4 Å². The van der Waals surface area contributed by atoms with Crippen molar-refractivity contribution in [3.63, 3.8) is 0 Å². The molecule has 0 amide bonds. The van der Waals surface area contributed by atoms with Crippen LogP contribution in [-0.4, -0.2) is 33.6 Å². The minimum atomic E-state index is -4.08. The van der Waals surface area contributed by atoms with Crippen molar-refractivity contribution >= 4 is 33.8 Å². The Kier molecular flexibility index (Phi) is 7.72. The van der Waals surface area contributed by atoms with Crippen molar-refractivity contribution in [2.45, 2.75) is 18.7 Å². The van der Waals surface area contributed by atoms with E-state index in [2.05, 4.69) is 4.85 Å². The fourth-order valence-corrected chi connectivity index (χ4v) is 3.20. The molecule has 0 saturated heterocycles. The molecule has 9 heteroatoms. The zero-order valence-corrected chi connectivity index (χ0v) is 17.1. The highest BCUT2D eigenvalue weighted by Crippen LogP contribution is 2.22. The number of esters is 2. The molecule has 0 aliphatic rings. The Labute approximate surface area is 174 Å². The quantitative estimate of drug-likeness (QED) is 0.158. The minimum absolute atomic E-state index is 0.0372. The molecule has 2 aromatic rings. The molecule has 8 nitrogen and oxygen atoms in total. The van der Waals surface area contributed by atoms with Crippen molar-refractivity contribution < 1.29 is 31.7 Å². The van der Waals surface area contributed by atoms with Crippen LogP contribution in [0.15, 0.2) is 59.0 Å². The summed E-state index contributed by atoms with van der Waals surface area (Å²) in [7, 11) is -4.08. The number of nitrogens with zero attached hydrogens (tertiary/aromatic N) is 1. The molecule has 0 aliphatic carbocycles. The summed E-state index contributed by atoms with van der Waals surface area (Å²) in [6.45, 7) is 10.3. The van der Waals surface area contributed by atoms with Gasteiger partial charge in [-0.2, -0.15) is 8.42 Å². The SMILES string of the molecule is [C-]#[N+]c1ccc(S(=O)(=O)Oc2ccc(C=C(C(=O)OCC)C(=O)OCC)cc2)cc1. The molecule has 0 bridgehead atoms. The van der Waals surface area contributed by atoms with E-state index < -0.39 is 22.1 Å². The molecule has 0 N–H and O–H groups in total. The Morgan fingerprint density at radius 3 is 1.93 bits per heavy atom. The van der Waals surface area contributed by atoms with Gasteiger partial charge in [0.2, 0.25) is 0 Å². The molecule has 0 spiro atoms. The lowest BCUT2D eigenvalue weighted by Gasteiger charge is -2.08. The largest absolute Gasteiger partial charge is 0.462 e. The van der Waals surface area contributed by atoms with E-state index in [-0.39, 0.29) is 29.4 Å². The number of rotatable bonds is 8. The topological polar surface area (TPSA) is 100 Å². The lowest BCUT2D eigenvalue weighted by atomic mass is 10.1. The molecule has 0 atom stereocenters. The van der Waals surface area contributed by atoms with E-state index in [0.717, 1.165) is 0 Å². The first-order chi connectivity index (χ1) is 14.3. The van der Waals surface area contributed by atoms with Crippen molar-refractivity contribution in [1.82, 2.24) is 0 Å². The van der Waals surface area contributed by atoms with Crippen molar-refractivity contribution in [3.05, 3.63) is 71.1 Å². The summed E-state index contributed by atoms with van der Waals surface area (Å²) in [6.07, 6.45) is 1.29. The summed E-state index contributed by atoms with van der Waals surface area (Å²) >= 11 is 0. The van der Waals surface area contributed by atoms with E-state index in [1.165, 1.54) is 54.6 Å². The van der Waals surface area contributed by atoms with Gasteiger partial charge in [0.25, 0.3) is 0 Å². The van der Waals surface area contributed by atoms with Gasteiger partial charge in [-0.05, 0) is 37.6 Å². The highest BCUT2D eigenvalue weighted by Gasteiger charge is 2.21. The normalized spacial score (nSPS) is 10.4. The Balaban J connectivity index is 2.23. The third-order valence-corrected chi connectivity index (χ3v) is 4.90. The first-order valence-electron chi connectivity index (χ1n) is 8.88. The monoisotopic (exact) mass is 429 g/mol. The smallest absolute Gasteiger partial charge is 0.345 e. The molecular weight excluding hydrogens is 410 g/mol. The molecule has 0 radical (unpaired) electrons. The third-order valence-electron chi connectivity index (χ3n) is 3.64. The Morgan fingerprint density at radius 2 is 1.47 bits per heavy atom. The van der Waals surface area contributed by atoms with Gasteiger partial charge in [0, 0.05) is 0 Å². The summed E-state index contributed by atoms with van der Waals surface area (Å²) in [5.74, 6) is -1.60. The van der Waals surface area contributed by atoms with Gasteiger partial charge in [0.15, 0.2) is 5.69 Å². The number of hydrogen-bond donors (Lipinski definition) is 0. The van der Waals surface area contributed by atoms with Crippen LogP contribution >= 0.6 is 0 Å². The van der Waals surface area contributed by atoms with Gasteiger partial charge in [-0.25, -0.2) is 14.4 Å². The lowest BCUT2D eigenvalue weighted by Crippen LogP contribution is -2.18. The van der Waals surface area contributed by atoms with Crippen LogP contribution in [0.1, 0.15) is 19.4 Å². The van der Waals surface area contributed by atoms with Crippen molar-refractivity contribution in [3.8, 4) is 5.75 Å². The van der Waals surface area contributed by atoms with E-state index in [9.17, 15) is 18.0 Å². The molecule has 0 unspecified atom stereocenters. The average molecular weight is 429 g/mol. The highest BCUT2D eigenvalue weighted by atomic mass is 32.2. The lowest BCUT2D eigenvalue weighted by molar-refractivity contribution is -0.146. The second-order valence-corrected chi connectivity index (χ2v) is 7.26. The summed E-state index contributed by atoms with van der Waals surface area (Å²) < 4.78 is 39.5. The molecule has 0 aromatic heterocycles. The van der Waals surface area contributed by atoms with E-state index in [4.69, 9.17) is 20.2 Å². The molecule has 2 aromatic carbocycles. The third kappa shape index (κ3) is 5.93. The van der Waals surface area contributed by atoms with Gasteiger partial charge in [-0.3, -0.25) is 0 Å². The minimum Gasteiger partial charge on any atom is -0.462 e. The maximum Gasteiger partial charge on any atom is 0.345 e. The molecule has 156 valence electrons. The average Bonchev–Trinajstić information content (AvgIpc) is 2.73. The van der Waals surface area contributed by atoms with Crippen LogP contribution in [0.3, 0.4) is 0 Å². The second kappa shape index (κ2) is 10.2. The van der Waals surface area contributed by atoms with Crippen LogP contribution in [0.2, 0.25) is 0 Å². The fourth-order valence-electron chi connectivity index (χ4n) is 2.27. The number of ether oxygens (including phenoxy) is 2. The highest BCUT2D eigenvalue weighted by molar-refractivity contribution is 7.87. The summed E-state index contributed by atoms with van der Waals surface area (Å²) in [5.41, 5.74) is 0.473. The fraction of sp³-hybridized carbons (Fsp3) is 0.190. The summed E-state index contributed by atoms with van der Waals surface area (Å²) in [5, 5.41) is 0. The van der Waals surface area contributed by atoms with Crippen molar-refractivity contribution in [1.29, 1.82) is 0 Å². The van der Waals surface area contributed by atoms with Gasteiger partial charge in [0.05, 0.1) is 19.8 Å². The Morgan fingerprint density at radius 1 is 0.933 bits per heavy atom. The van der Waals surface area contributed by atoms with Crippen LogP contribution in [-0.2, 0) is 29.2 Å². The zero-order valence-electron chi connectivity index (χ0n) is 16.3. The predicted molar refractivity (Wildman–Crippen MR) is 108 cm³/mol. The second-order valence-electron chi connectivity index (χ2n) is 5.71. The van der Waals surface area contributed by atoms with Crippen LogP contribution in [0.25, 0.3) is 10.9 Å². The van der Waals surface area contributed by atoms with Crippen LogP contribution < -0.4 is 4.18 Å². The van der Waals surface area contributed by atoms with E-state index in [0.29, 0.717) is 11.3 Å². The summed E-state index contributed by atoms with van der Waals surface area (Å²) in [4.78, 5) is 27.1. The number of hydrogen-bond acceptors (Lipinski definition) is 7. The Bertz CT molecular complexity index is 1060. The number of carbonyl (C=O) groups is 2. The Hall–Kier alpha value is -3.64. The first-order valence-corrected chi connectivity index (χ1v) is 10.3. The van der Waals surface area contributed by atoms with Crippen molar-refractivity contribution in [2.75, 3.05) is 13.2 Å². The maximum absolute atomic E-state index is 12.4. The van der Waals surface area contributed by atoms with Crippen LogP contribution in [0.5, 0.6) is 5.75 Å². The summed E-state index contributed by atoms with van der Waals surface area (Å²) in [6, 6.07) is 11.0. The van der Waals surface area contributed by atoms with E-state index in [1.807, 2.05) is 0 Å².